The first-order valence-corrected chi connectivity index (χ1v) is 9.65. The molecule has 1 nitrogen and oxygen atoms in total. The van der Waals surface area contributed by atoms with E-state index in [4.69, 9.17) is 0 Å². The lowest BCUT2D eigenvalue weighted by molar-refractivity contribution is 0.810. The maximum Gasteiger partial charge on any atom is 0.0784 e. The van der Waals surface area contributed by atoms with Gasteiger partial charge in [-0.2, -0.15) is 0 Å². The van der Waals surface area contributed by atoms with E-state index in [9.17, 15) is 0 Å². The fraction of sp³-hybridized carbons (Fsp3) is 0.500. The average molecular weight is 233 g/mol. The Morgan fingerprint density at radius 2 is 1.88 bits per heavy atom. The number of rotatable bonds is 5. The van der Waals surface area contributed by atoms with Gasteiger partial charge in [-0.3, -0.25) is 4.99 Å². The van der Waals surface area contributed by atoms with Crippen molar-refractivity contribution in [1.82, 2.24) is 0 Å². The number of hydrogen-bond acceptors (Lipinski definition) is 1. The monoisotopic (exact) mass is 233 g/mol. The Morgan fingerprint density at radius 3 is 2.50 bits per heavy atom. The topological polar surface area (TPSA) is 12.4 Å². The smallest absolute Gasteiger partial charge is 0.0784 e. The van der Waals surface area contributed by atoms with Crippen LogP contribution < -0.4 is 5.19 Å². The van der Waals surface area contributed by atoms with Gasteiger partial charge in [0, 0.05) is 12.8 Å². The standard InChI is InChI=1S/C14H23NSi/c1-5-6-11-15-12-13-9-7-8-10-14(13)16(2,3)4/h7-10,12H,5-6,11H2,1-4H3. The lowest BCUT2D eigenvalue weighted by atomic mass is 10.2. The predicted octanol–water partition coefficient (Wildman–Crippen LogP) is 3.45. The van der Waals surface area contributed by atoms with E-state index in [0.717, 1.165) is 6.54 Å². The number of unbranched alkanes of at least 4 members (excludes halogenated alkanes) is 1. The second-order valence-corrected chi connectivity index (χ2v) is 10.3. The minimum absolute atomic E-state index is 0.955. The van der Waals surface area contributed by atoms with Gasteiger partial charge >= 0.3 is 0 Å². The molecule has 0 atom stereocenters. The first-order chi connectivity index (χ1) is 7.55. The summed E-state index contributed by atoms with van der Waals surface area (Å²) in [5.74, 6) is 0. The molecule has 0 aromatic heterocycles. The van der Waals surface area contributed by atoms with Crippen LogP contribution in [0.5, 0.6) is 0 Å². The normalized spacial score (nSPS) is 12.2. The molecule has 0 unspecified atom stereocenters. The first kappa shape index (κ1) is 13.2. The summed E-state index contributed by atoms with van der Waals surface area (Å²) in [6, 6.07) is 8.68. The Kier molecular flexibility index (Phi) is 4.94. The highest BCUT2D eigenvalue weighted by Gasteiger charge is 2.18. The minimum atomic E-state index is -1.24. The molecule has 0 heterocycles. The van der Waals surface area contributed by atoms with Crippen molar-refractivity contribution in [2.75, 3.05) is 6.54 Å². The van der Waals surface area contributed by atoms with E-state index >= 15 is 0 Å². The molecule has 1 rings (SSSR count). The van der Waals surface area contributed by atoms with Gasteiger partial charge in [0.15, 0.2) is 0 Å². The Morgan fingerprint density at radius 1 is 1.19 bits per heavy atom. The highest BCUT2D eigenvalue weighted by Crippen LogP contribution is 2.05. The molecule has 1 aromatic rings. The van der Waals surface area contributed by atoms with Gasteiger partial charge in [-0.1, -0.05) is 62.4 Å². The van der Waals surface area contributed by atoms with Crippen LogP contribution in [0.1, 0.15) is 25.3 Å². The third-order valence-corrected chi connectivity index (χ3v) is 4.71. The van der Waals surface area contributed by atoms with Crippen molar-refractivity contribution < 1.29 is 0 Å². The Hall–Kier alpha value is -0.893. The van der Waals surface area contributed by atoms with Crippen molar-refractivity contribution >= 4 is 19.5 Å². The Balaban J connectivity index is 2.83. The largest absolute Gasteiger partial charge is 0.293 e. The van der Waals surface area contributed by atoms with Gasteiger partial charge in [0.05, 0.1) is 8.07 Å². The van der Waals surface area contributed by atoms with Crippen molar-refractivity contribution in [1.29, 1.82) is 0 Å². The maximum atomic E-state index is 4.50. The van der Waals surface area contributed by atoms with E-state index in [1.165, 1.54) is 23.6 Å². The second-order valence-electron chi connectivity index (χ2n) is 5.23. The van der Waals surface area contributed by atoms with E-state index in [-0.39, 0.29) is 0 Å². The van der Waals surface area contributed by atoms with Crippen molar-refractivity contribution in [2.45, 2.75) is 39.4 Å². The minimum Gasteiger partial charge on any atom is -0.293 e. The molecule has 0 bridgehead atoms. The maximum absolute atomic E-state index is 4.50. The van der Waals surface area contributed by atoms with E-state index < -0.39 is 8.07 Å². The fourth-order valence-corrected chi connectivity index (χ4v) is 3.32. The molecule has 0 saturated heterocycles. The van der Waals surface area contributed by atoms with Gasteiger partial charge in [0.1, 0.15) is 0 Å². The molecule has 2 heteroatoms. The zero-order valence-corrected chi connectivity index (χ0v) is 12.0. The lowest BCUT2D eigenvalue weighted by Gasteiger charge is -2.18. The van der Waals surface area contributed by atoms with Gasteiger partial charge in [-0.25, -0.2) is 0 Å². The van der Waals surface area contributed by atoms with Crippen LogP contribution in [0.15, 0.2) is 29.3 Å². The summed E-state index contributed by atoms with van der Waals surface area (Å²) < 4.78 is 0. The number of benzene rings is 1. The van der Waals surface area contributed by atoms with Crippen LogP contribution in [0.25, 0.3) is 0 Å². The summed E-state index contributed by atoms with van der Waals surface area (Å²) in [4.78, 5) is 4.50. The highest BCUT2D eigenvalue weighted by atomic mass is 28.3. The van der Waals surface area contributed by atoms with Gasteiger partial charge in [0.2, 0.25) is 0 Å². The van der Waals surface area contributed by atoms with Crippen LogP contribution in [-0.2, 0) is 0 Å². The molecule has 16 heavy (non-hydrogen) atoms. The number of aliphatic imine (C=N–C) groups is 1. The molecular formula is C14H23NSi. The van der Waals surface area contributed by atoms with Gasteiger partial charge in [-0.15, -0.1) is 0 Å². The quantitative estimate of drug-likeness (QED) is 0.420. The van der Waals surface area contributed by atoms with E-state index in [0.29, 0.717) is 0 Å². The third-order valence-electron chi connectivity index (χ3n) is 2.64. The summed E-state index contributed by atoms with van der Waals surface area (Å²) >= 11 is 0. The van der Waals surface area contributed by atoms with Crippen molar-refractivity contribution in [3.05, 3.63) is 29.8 Å². The summed E-state index contributed by atoms with van der Waals surface area (Å²) in [6.07, 6.45) is 4.46. The summed E-state index contributed by atoms with van der Waals surface area (Å²) in [5.41, 5.74) is 1.32. The lowest BCUT2D eigenvalue weighted by Crippen LogP contribution is -2.40. The second kappa shape index (κ2) is 5.99. The van der Waals surface area contributed by atoms with Crippen LogP contribution in [-0.4, -0.2) is 20.8 Å². The number of nitrogens with zero attached hydrogens (tertiary/aromatic N) is 1. The highest BCUT2D eigenvalue weighted by molar-refractivity contribution is 6.89. The molecule has 0 aliphatic carbocycles. The van der Waals surface area contributed by atoms with Crippen LogP contribution in [0.2, 0.25) is 19.6 Å². The molecule has 0 radical (unpaired) electrons. The van der Waals surface area contributed by atoms with Gasteiger partial charge in [0.25, 0.3) is 0 Å². The van der Waals surface area contributed by atoms with Gasteiger partial charge in [-0.05, 0) is 12.0 Å². The summed E-state index contributed by atoms with van der Waals surface area (Å²) in [7, 11) is -1.24. The molecule has 0 aliphatic rings. The van der Waals surface area contributed by atoms with Crippen molar-refractivity contribution in [3.63, 3.8) is 0 Å². The molecule has 88 valence electrons. The van der Waals surface area contributed by atoms with Crippen molar-refractivity contribution in [2.24, 2.45) is 4.99 Å². The Bertz CT molecular complexity index is 350. The summed E-state index contributed by atoms with van der Waals surface area (Å²) in [5, 5.41) is 1.51. The summed E-state index contributed by atoms with van der Waals surface area (Å²) in [6.45, 7) is 10.3. The van der Waals surface area contributed by atoms with Gasteiger partial charge < -0.3 is 0 Å². The van der Waals surface area contributed by atoms with Crippen LogP contribution >= 0.6 is 0 Å². The molecule has 1 aromatic carbocycles. The van der Waals surface area contributed by atoms with Crippen molar-refractivity contribution in [3.8, 4) is 0 Å². The zero-order valence-electron chi connectivity index (χ0n) is 11.0. The molecule has 0 fully saturated rings. The van der Waals surface area contributed by atoms with E-state index in [1.807, 2.05) is 0 Å². The predicted molar refractivity (Wildman–Crippen MR) is 76.8 cm³/mol. The zero-order chi connectivity index (χ0) is 12.0. The van der Waals surface area contributed by atoms with Crippen LogP contribution in [0, 0.1) is 0 Å². The molecule has 0 N–H and O–H groups in total. The number of hydrogen-bond donors (Lipinski definition) is 0. The molecule has 0 spiro atoms. The average Bonchev–Trinajstić information content (AvgIpc) is 2.24. The SMILES string of the molecule is CCCCN=Cc1ccccc1[Si](C)(C)C. The van der Waals surface area contributed by atoms with Crippen LogP contribution in [0.3, 0.4) is 0 Å². The molecule has 0 aliphatic heterocycles. The fourth-order valence-electron chi connectivity index (χ4n) is 1.70. The third kappa shape index (κ3) is 3.93. The molecular weight excluding hydrogens is 210 g/mol. The first-order valence-electron chi connectivity index (χ1n) is 6.15. The Labute approximate surface area is 101 Å². The van der Waals surface area contributed by atoms with E-state index in [2.05, 4.69) is 62.0 Å². The molecule has 0 saturated carbocycles. The van der Waals surface area contributed by atoms with E-state index in [1.54, 1.807) is 0 Å². The molecule has 0 amide bonds. The van der Waals surface area contributed by atoms with Crippen LogP contribution in [0.4, 0.5) is 0 Å².